The number of nitrogen functional groups attached to an aromatic ring is 1. The zero-order valence-corrected chi connectivity index (χ0v) is 12.0. The van der Waals surface area contributed by atoms with Gasteiger partial charge >= 0.3 is 0 Å². The summed E-state index contributed by atoms with van der Waals surface area (Å²) in [6.07, 6.45) is 0. The van der Waals surface area contributed by atoms with Crippen LogP contribution in [0.15, 0.2) is 18.2 Å². The van der Waals surface area contributed by atoms with Gasteiger partial charge < -0.3 is 20.4 Å². The van der Waals surface area contributed by atoms with Gasteiger partial charge in [-0.1, -0.05) is 6.07 Å². The van der Waals surface area contributed by atoms with Gasteiger partial charge in [0.2, 0.25) is 11.9 Å². The second kappa shape index (κ2) is 5.81. The van der Waals surface area contributed by atoms with E-state index in [0.717, 1.165) is 5.52 Å². The van der Waals surface area contributed by atoms with E-state index in [9.17, 15) is 4.79 Å². The molecule has 0 atom stereocenters. The van der Waals surface area contributed by atoms with Crippen LogP contribution in [0.2, 0.25) is 0 Å². The summed E-state index contributed by atoms with van der Waals surface area (Å²) >= 11 is 0. The maximum absolute atomic E-state index is 11.9. The normalized spacial score (nSPS) is 11.0. The fraction of sp³-hybridized carbons (Fsp3) is 0.429. The largest absolute Gasteiger partial charge is 0.492 e. The highest BCUT2D eigenvalue weighted by molar-refractivity contribution is 5.86. The predicted molar refractivity (Wildman–Crippen MR) is 78.6 cm³/mol. The molecule has 0 saturated heterocycles. The van der Waals surface area contributed by atoms with Crippen LogP contribution in [0.4, 0.5) is 5.95 Å². The molecule has 1 amide bonds. The molecule has 2 aromatic rings. The molecule has 0 aliphatic rings. The maximum Gasteiger partial charge on any atom is 0.240 e. The predicted octanol–water partition coefficient (Wildman–Crippen LogP) is 1.54. The van der Waals surface area contributed by atoms with Gasteiger partial charge in [-0.25, -0.2) is 4.98 Å². The SMILES string of the molecule is CCOc1cccc2c1nc(N)n2CC(=O)NC(C)C. The van der Waals surface area contributed by atoms with E-state index in [1.54, 1.807) is 4.57 Å². The van der Waals surface area contributed by atoms with E-state index in [4.69, 9.17) is 10.5 Å². The summed E-state index contributed by atoms with van der Waals surface area (Å²) in [5.41, 5.74) is 7.40. The molecule has 20 heavy (non-hydrogen) atoms. The van der Waals surface area contributed by atoms with Gasteiger partial charge in [0.1, 0.15) is 17.8 Å². The molecule has 3 N–H and O–H groups in total. The lowest BCUT2D eigenvalue weighted by Gasteiger charge is -2.10. The molecule has 0 bridgehead atoms. The minimum atomic E-state index is -0.0900. The zero-order chi connectivity index (χ0) is 14.7. The van der Waals surface area contributed by atoms with Crippen molar-refractivity contribution in [2.24, 2.45) is 0 Å². The Morgan fingerprint density at radius 3 is 2.90 bits per heavy atom. The van der Waals surface area contributed by atoms with Crippen LogP contribution in [-0.2, 0) is 11.3 Å². The van der Waals surface area contributed by atoms with Crippen LogP contribution in [0.1, 0.15) is 20.8 Å². The number of hydrogen-bond donors (Lipinski definition) is 2. The first-order valence-electron chi connectivity index (χ1n) is 6.69. The van der Waals surface area contributed by atoms with Crippen molar-refractivity contribution < 1.29 is 9.53 Å². The number of amides is 1. The summed E-state index contributed by atoms with van der Waals surface area (Å²) in [6, 6.07) is 5.68. The van der Waals surface area contributed by atoms with Crippen molar-refractivity contribution in [2.75, 3.05) is 12.3 Å². The number of nitrogens with two attached hydrogens (primary N) is 1. The van der Waals surface area contributed by atoms with Crippen LogP contribution >= 0.6 is 0 Å². The Morgan fingerprint density at radius 2 is 2.25 bits per heavy atom. The third kappa shape index (κ3) is 2.84. The third-order valence-corrected chi connectivity index (χ3v) is 2.82. The number of para-hydroxylation sites is 1. The lowest BCUT2D eigenvalue weighted by atomic mass is 10.3. The van der Waals surface area contributed by atoms with Gasteiger partial charge in [0.25, 0.3) is 0 Å². The highest BCUT2D eigenvalue weighted by Crippen LogP contribution is 2.26. The number of carbonyl (C=O) groups is 1. The number of anilines is 1. The van der Waals surface area contributed by atoms with Crippen molar-refractivity contribution in [3.8, 4) is 5.75 Å². The Balaban J connectivity index is 2.36. The van der Waals surface area contributed by atoms with Crippen LogP contribution in [0.5, 0.6) is 5.75 Å². The highest BCUT2D eigenvalue weighted by Gasteiger charge is 2.14. The van der Waals surface area contributed by atoms with Crippen LogP contribution in [0.25, 0.3) is 11.0 Å². The van der Waals surface area contributed by atoms with Crippen LogP contribution in [-0.4, -0.2) is 28.1 Å². The van der Waals surface area contributed by atoms with Gasteiger partial charge in [-0.15, -0.1) is 0 Å². The second-order valence-electron chi connectivity index (χ2n) is 4.84. The molecule has 1 aromatic carbocycles. The number of rotatable bonds is 5. The van der Waals surface area contributed by atoms with Crippen LogP contribution in [0.3, 0.4) is 0 Å². The standard InChI is InChI=1S/C14H20N4O2/c1-4-20-11-7-5-6-10-13(11)17-14(15)18(10)8-12(19)16-9(2)3/h5-7,9H,4,8H2,1-3H3,(H2,15,17)(H,16,19). The average molecular weight is 276 g/mol. The third-order valence-electron chi connectivity index (χ3n) is 2.82. The minimum Gasteiger partial charge on any atom is -0.492 e. The van der Waals surface area contributed by atoms with Crippen molar-refractivity contribution in [2.45, 2.75) is 33.4 Å². The monoisotopic (exact) mass is 276 g/mol. The molecule has 6 nitrogen and oxygen atoms in total. The molecule has 0 aliphatic carbocycles. The summed E-state index contributed by atoms with van der Waals surface area (Å²) in [7, 11) is 0. The van der Waals surface area contributed by atoms with Crippen molar-refractivity contribution in [1.29, 1.82) is 0 Å². The van der Waals surface area contributed by atoms with Gasteiger partial charge in [0.05, 0.1) is 12.1 Å². The number of fused-ring (bicyclic) bond motifs is 1. The molecular formula is C14H20N4O2. The number of benzene rings is 1. The molecule has 0 spiro atoms. The number of hydrogen-bond acceptors (Lipinski definition) is 4. The molecule has 0 radical (unpaired) electrons. The van der Waals surface area contributed by atoms with Crippen molar-refractivity contribution >= 4 is 22.9 Å². The molecule has 1 heterocycles. The Labute approximate surface area is 117 Å². The maximum atomic E-state index is 11.9. The topological polar surface area (TPSA) is 82.2 Å². The van der Waals surface area contributed by atoms with Crippen molar-refractivity contribution in [1.82, 2.24) is 14.9 Å². The first-order chi connectivity index (χ1) is 9.52. The summed E-state index contributed by atoms with van der Waals surface area (Å²) in [6.45, 7) is 6.45. The van der Waals surface area contributed by atoms with E-state index in [1.165, 1.54) is 0 Å². The summed E-state index contributed by atoms with van der Waals surface area (Å²) in [5.74, 6) is 0.901. The molecular weight excluding hydrogens is 256 g/mol. The fourth-order valence-electron chi connectivity index (χ4n) is 2.09. The Hall–Kier alpha value is -2.24. The number of nitrogens with zero attached hydrogens (tertiary/aromatic N) is 2. The lowest BCUT2D eigenvalue weighted by Crippen LogP contribution is -2.33. The molecule has 2 rings (SSSR count). The molecule has 108 valence electrons. The van der Waals surface area contributed by atoms with E-state index in [0.29, 0.717) is 23.8 Å². The molecule has 0 unspecified atom stereocenters. The average Bonchev–Trinajstić information content (AvgIpc) is 2.67. The van der Waals surface area contributed by atoms with Crippen LogP contribution in [0, 0.1) is 0 Å². The van der Waals surface area contributed by atoms with Gasteiger partial charge in [-0.2, -0.15) is 0 Å². The molecule has 1 aromatic heterocycles. The molecule has 0 fully saturated rings. The van der Waals surface area contributed by atoms with Gasteiger partial charge in [0, 0.05) is 6.04 Å². The second-order valence-corrected chi connectivity index (χ2v) is 4.84. The Kier molecular flexibility index (Phi) is 4.12. The van der Waals surface area contributed by atoms with E-state index in [1.807, 2.05) is 39.0 Å². The Bertz CT molecular complexity index is 619. The van der Waals surface area contributed by atoms with E-state index in [-0.39, 0.29) is 18.5 Å². The Morgan fingerprint density at radius 1 is 1.50 bits per heavy atom. The first-order valence-corrected chi connectivity index (χ1v) is 6.69. The number of imidazole rings is 1. The smallest absolute Gasteiger partial charge is 0.240 e. The van der Waals surface area contributed by atoms with Gasteiger partial charge in [-0.05, 0) is 32.9 Å². The summed E-state index contributed by atoms with van der Waals surface area (Å²) in [5, 5.41) is 2.84. The van der Waals surface area contributed by atoms with Gasteiger partial charge in [0.15, 0.2) is 0 Å². The first kappa shape index (κ1) is 14.2. The molecule has 0 saturated carbocycles. The van der Waals surface area contributed by atoms with E-state index >= 15 is 0 Å². The summed E-state index contributed by atoms with van der Waals surface area (Å²) < 4.78 is 7.22. The number of carbonyl (C=O) groups excluding carboxylic acids is 1. The zero-order valence-electron chi connectivity index (χ0n) is 12.0. The van der Waals surface area contributed by atoms with E-state index in [2.05, 4.69) is 10.3 Å². The van der Waals surface area contributed by atoms with E-state index < -0.39 is 0 Å². The number of nitrogens with one attached hydrogen (secondary N) is 1. The van der Waals surface area contributed by atoms with Crippen LogP contribution < -0.4 is 15.8 Å². The lowest BCUT2D eigenvalue weighted by molar-refractivity contribution is -0.122. The minimum absolute atomic E-state index is 0.0900. The molecule has 6 heteroatoms. The van der Waals surface area contributed by atoms with Crippen molar-refractivity contribution in [3.63, 3.8) is 0 Å². The van der Waals surface area contributed by atoms with Gasteiger partial charge in [-0.3, -0.25) is 4.79 Å². The quantitative estimate of drug-likeness (QED) is 0.868. The fourth-order valence-corrected chi connectivity index (χ4v) is 2.09. The van der Waals surface area contributed by atoms with Crippen molar-refractivity contribution in [3.05, 3.63) is 18.2 Å². The highest BCUT2D eigenvalue weighted by atomic mass is 16.5. The summed E-state index contributed by atoms with van der Waals surface area (Å²) in [4.78, 5) is 16.2. The molecule has 0 aliphatic heterocycles. The number of ether oxygens (including phenoxy) is 1. The number of aromatic nitrogens is 2.